The summed E-state index contributed by atoms with van der Waals surface area (Å²) in [7, 11) is 0. The molecule has 0 aromatic rings. The van der Waals surface area contributed by atoms with E-state index in [2.05, 4.69) is 18.7 Å². The molecule has 0 radical (unpaired) electrons. The molecular weight excluding hydrogens is 162 g/mol. The monoisotopic (exact) mass is 183 g/mol. The SMILES string of the molecule is CC(C)N1CCCOCC1C1CC1. The van der Waals surface area contributed by atoms with E-state index in [4.69, 9.17) is 4.74 Å². The fourth-order valence-corrected chi connectivity index (χ4v) is 2.34. The Balaban J connectivity index is 1.99. The van der Waals surface area contributed by atoms with Crippen LogP contribution in [0.3, 0.4) is 0 Å². The largest absolute Gasteiger partial charge is 0.380 e. The Morgan fingerprint density at radius 2 is 2.08 bits per heavy atom. The molecule has 1 atom stereocenters. The molecular formula is C11H21NO. The highest BCUT2D eigenvalue weighted by Crippen LogP contribution is 2.36. The molecule has 1 heterocycles. The topological polar surface area (TPSA) is 12.5 Å². The summed E-state index contributed by atoms with van der Waals surface area (Å²) in [5, 5.41) is 0. The molecule has 2 fully saturated rings. The van der Waals surface area contributed by atoms with Crippen LogP contribution in [0.4, 0.5) is 0 Å². The predicted octanol–water partition coefficient (Wildman–Crippen LogP) is 1.90. The number of hydrogen-bond donors (Lipinski definition) is 0. The predicted molar refractivity (Wildman–Crippen MR) is 53.8 cm³/mol. The van der Waals surface area contributed by atoms with Gasteiger partial charge in [0, 0.05) is 25.2 Å². The molecule has 0 bridgehead atoms. The zero-order chi connectivity index (χ0) is 9.26. The molecule has 2 aliphatic rings. The molecule has 2 heteroatoms. The van der Waals surface area contributed by atoms with Crippen LogP contribution in [0.15, 0.2) is 0 Å². The van der Waals surface area contributed by atoms with Crippen molar-refractivity contribution >= 4 is 0 Å². The normalized spacial score (nSPS) is 32.1. The van der Waals surface area contributed by atoms with Gasteiger partial charge in [-0.15, -0.1) is 0 Å². The van der Waals surface area contributed by atoms with Gasteiger partial charge in [-0.25, -0.2) is 0 Å². The second-order valence-electron chi connectivity index (χ2n) is 4.66. The van der Waals surface area contributed by atoms with E-state index in [0.29, 0.717) is 6.04 Å². The van der Waals surface area contributed by atoms with Crippen molar-refractivity contribution < 1.29 is 4.74 Å². The average Bonchev–Trinajstić information content (AvgIpc) is 2.91. The first-order chi connectivity index (χ1) is 6.29. The molecule has 1 aliphatic carbocycles. The fourth-order valence-electron chi connectivity index (χ4n) is 2.34. The Kier molecular flexibility index (Phi) is 2.89. The van der Waals surface area contributed by atoms with Crippen LogP contribution >= 0.6 is 0 Å². The Bertz CT molecular complexity index is 155. The maximum atomic E-state index is 5.65. The van der Waals surface area contributed by atoms with Gasteiger partial charge in [0.15, 0.2) is 0 Å². The summed E-state index contributed by atoms with van der Waals surface area (Å²) in [6.45, 7) is 7.79. The van der Waals surface area contributed by atoms with Gasteiger partial charge in [0.2, 0.25) is 0 Å². The quantitative estimate of drug-likeness (QED) is 0.648. The lowest BCUT2D eigenvalue weighted by atomic mass is 10.1. The van der Waals surface area contributed by atoms with Crippen molar-refractivity contribution in [1.82, 2.24) is 4.90 Å². The molecule has 0 aromatic carbocycles. The van der Waals surface area contributed by atoms with Gasteiger partial charge in [0.25, 0.3) is 0 Å². The van der Waals surface area contributed by atoms with Gasteiger partial charge in [-0.2, -0.15) is 0 Å². The molecule has 76 valence electrons. The van der Waals surface area contributed by atoms with E-state index in [-0.39, 0.29) is 0 Å². The average molecular weight is 183 g/mol. The molecule has 13 heavy (non-hydrogen) atoms. The minimum Gasteiger partial charge on any atom is -0.380 e. The van der Waals surface area contributed by atoms with Gasteiger partial charge >= 0.3 is 0 Å². The van der Waals surface area contributed by atoms with Crippen molar-refractivity contribution in [3.63, 3.8) is 0 Å². The van der Waals surface area contributed by atoms with Gasteiger partial charge in [0.1, 0.15) is 0 Å². The first kappa shape index (κ1) is 9.47. The Hall–Kier alpha value is -0.0800. The second-order valence-corrected chi connectivity index (χ2v) is 4.66. The van der Waals surface area contributed by atoms with Gasteiger partial charge in [-0.3, -0.25) is 4.90 Å². The fraction of sp³-hybridized carbons (Fsp3) is 1.00. The van der Waals surface area contributed by atoms with Gasteiger partial charge < -0.3 is 4.74 Å². The summed E-state index contributed by atoms with van der Waals surface area (Å²) >= 11 is 0. The van der Waals surface area contributed by atoms with Crippen molar-refractivity contribution in [1.29, 1.82) is 0 Å². The van der Waals surface area contributed by atoms with Crippen LogP contribution in [-0.4, -0.2) is 36.7 Å². The molecule has 2 rings (SSSR count). The van der Waals surface area contributed by atoms with E-state index in [1.165, 1.54) is 25.8 Å². The van der Waals surface area contributed by atoms with Crippen molar-refractivity contribution in [2.45, 2.75) is 45.2 Å². The van der Waals surface area contributed by atoms with E-state index >= 15 is 0 Å². The van der Waals surface area contributed by atoms with E-state index in [1.54, 1.807) is 0 Å². The summed E-state index contributed by atoms with van der Waals surface area (Å²) in [6.07, 6.45) is 4.07. The molecule has 0 aromatic heterocycles. The van der Waals surface area contributed by atoms with Crippen LogP contribution in [0.25, 0.3) is 0 Å². The van der Waals surface area contributed by atoms with E-state index < -0.39 is 0 Å². The van der Waals surface area contributed by atoms with Crippen molar-refractivity contribution in [2.24, 2.45) is 5.92 Å². The van der Waals surface area contributed by atoms with Crippen LogP contribution in [0.2, 0.25) is 0 Å². The lowest BCUT2D eigenvalue weighted by Gasteiger charge is -2.32. The molecule has 0 amide bonds. The lowest BCUT2D eigenvalue weighted by Crippen LogP contribution is -2.43. The molecule has 0 N–H and O–H groups in total. The first-order valence-electron chi connectivity index (χ1n) is 5.62. The second kappa shape index (κ2) is 3.97. The zero-order valence-electron chi connectivity index (χ0n) is 8.83. The van der Waals surface area contributed by atoms with Crippen molar-refractivity contribution in [3.05, 3.63) is 0 Å². The molecule has 1 saturated heterocycles. The minimum atomic E-state index is 0.687. The minimum absolute atomic E-state index is 0.687. The van der Waals surface area contributed by atoms with Crippen molar-refractivity contribution in [2.75, 3.05) is 19.8 Å². The van der Waals surface area contributed by atoms with Crippen LogP contribution in [0, 0.1) is 5.92 Å². The Labute approximate surface area is 81.3 Å². The third-order valence-corrected chi connectivity index (χ3v) is 3.25. The lowest BCUT2D eigenvalue weighted by molar-refractivity contribution is 0.0756. The van der Waals surface area contributed by atoms with Crippen LogP contribution in [0.5, 0.6) is 0 Å². The highest BCUT2D eigenvalue weighted by Gasteiger charge is 2.36. The van der Waals surface area contributed by atoms with Gasteiger partial charge in [-0.1, -0.05) is 0 Å². The number of ether oxygens (including phenoxy) is 1. The summed E-state index contributed by atoms with van der Waals surface area (Å²) < 4.78 is 5.65. The van der Waals surface area contributed by atoms with E-state index in [1.807, 2.05) is 0 Å². The molecule has 2 nitrogen and oxygen atoms in total. The van der Waals surface area contributed by atoms with Gasteiger partial charge in [-0.05, 0) is 39.0 Å². The van der Waals surface area contributed by atoms with Crippen LogP contribution in [-0.2, 0) is 4.74 Å². The molecule has 0 spiro atoms. The molecule has 1 saturated carbocycles. The zero-order valence-corrected chi connectivity index (χ0v) is 8.83. The Morgan fingerprint density at radius 1 is 1.31 bits per heavy atom. The van der Waals surface area contributed by atoms with E-state index in [9.17, 15) is 0 Å². The highest BCUT2D eigenvalue weighted by molar-refractivity contribution is 4.90. The number of nitrogens with zero attached hydrogens (tertiary/aromatic N) is 1. The van der Waals surface area contributed by atoms with Crippen LogP contribution in [0.1, 0.15) is 33.1 Å². The maximum Gasteiger partial charge on any atom is 0.0624 e. The summed E-state index contributed by atoms with van der Waals surface area (Å²) in [5.41, 5.74) is 0. The number of hydrogen-bond acceptors (Lipinski definition) is 2. The first-order valence-corrected chi connectivity index (χ1v) is 5.62. The summed E-state index contributed by atoms with van der Waals surface area (Å²) in [6, 6.07) is 1.41. The maximum absolute atomic E-state index is 5.65. The van der Waals surface area contributed by atoms with E-state index in [0.717, 1.165) is 25.2 Å². The smallest absolute Gasteiger partial charge is 0.0624 e. The summed E-state index contributed by atoms with van der Waals surface area (Å²) in [4.78, 5) is 2.64. The Morgan fingerprint density at radius 3 is 2.69 bits per heavy atom. The third kappa shape index (κ3) is 2.23. The summed E-state index contributed by atoms with van der Waals surface area (Å²) in [5.74, 6) is 0.945. The van der Waals surface area contributed by atoms with Crippen LogP contribution < -0.4 is 0 Å². The van der Waals surface area contributed by atoms with Crippen molar-refractivity contribution in [3.8, 4) is 0 Å². The van der Waals surface area contributed by atoms with Gasteiger partial charge in [0.05, 0.1) is 6.61 Å². The molecule has 1 unspecified atom stereocenters. The third-order valence-electron chi connectivity index (χ3n) is 3.25. The highest BCUT2D eigenvalue weighted by atomic mass is 16.5. The standard InChI is InChI=1S/C11H21NO/c1-9(2)12-6-3-7-13-8-11(12)10-4-5-10/h9-11H,3-8H2,1-2H3. The molecule has 1 aliphatic heterocycles. The number of rotatable bonds is 2.